The fourth-order valence-electron chi connectivity index (χ4n) is 3.89. The molecule has 0 saturated carbocycles. The Morgan fingerprint density at radius 3 is 2.55 bits per heavy atom. The van der Waals surface area contributed by atoms with Gasteiger partial charge in [-0.25, -0.2) is 4.39 Å². The third-order valence-corrected chi connectivity index (χ3v) is 6.28. The highest BCUT2D eigenvalue weighted by molar-refractivity contribution is 6.32. The number of fused-ring (bicyclic) bond motifs is 1. The summed E-state index contributed by atoms with van der Waals surface area (Å²) in [7, 11) is 0. The van der Waals surface area contributed by atoms with Crippen molar-refractivity contribution in [2.45, 2.75) is 13.2 Å². The maximum absolute atomic E-state index is 15.2. The number of hydrogen-bond donors (Lipinski definition) is 3. The zero-order chi connectivity index (χ0) is 26.6. The average Bonchev–Trinajstić information content (AvgIpc) is 3.33. The van der Waals surface area contributed by atoms with Gasteiger partial charge >= 0.3 is 0 Å². The number of hydrogen-bond acceptors (Lipinski definition) is 4. The number of aromatic amines is 1. The Balaban J connectivity index is 1.27. The first-order valence-corrected chi connectivity index (χ1v) is 12.4. The molecule has 0 bridgehead atoms. The minimum absolute atomic E-state index is 0.0667. The van der Waals surface area contributed by atoms with Crippen LogP contribution >= 0.6 is 23.2 Å². The van der Waals surface area contributed by atoms with Crippen LogP contribution in [0.2, 0.25) is 10.0 Å². The van der Waals surface area contributed by atoms with Crippen molar-refractivity contribution in [3.8, 4) is 17.2 Å². The molecule has 0 saturated heterocycles. The second kappa shape index (κ2) is 11.0. The van der Waals surface area contributed by atoms with Crippen LogP contribution in [-0.2, 0) is 13.2 Å². The van der Waals surface area contributed by atoms with Crippen LogP contribution in [0.3, 0.4) is 0 Å². The summed E-state index contributed by atoms with van der Waals surface area (Å²) in [6.07, 6.45) is 0. The summed E-state index contributed by atoms with van der Waals surface area (Å²) in [5.41, 5.74) is 8.47. The number of nitrogens with one attached hydrogen (secondary N) is 2. The minimum Gasteiger partial charge on any atom is -0.489 e. The highest BCUT2D eigenvalue weighted by Gasteiger charge is 2.17. The molecule has 0 unspecified atom stereocenters. The Bertz CT molecular complexity index is 1600. The number of H-pyrrole nitrogens is 1. The van der Waals surface area contributed by atoms with E-state index in [2.05, 4.69) is 10.3 Å². The summed E-state index contributed by atoms with van der Waals surface area (Å²) in [6.45, 7) is 0.347. The monoisotopic (exact) mass is 549 g/mol. The third kappa shape index (κ3) is 5.85. The van der Waals surface area contributed by atoms with E-state index in [1.165, 1.54) is 24.3 Å². The van der Waals surface area contributed by atoms with E-state index >= 15 is 4.39 Å². The maximum Gasteiger partial charge on any atom is 0.267 e. The number of rotatable bonds is 8. The van der Waals surface area contributed by atoms with Crippen molar-refractivity contribution in [2.75, 3.05) is 5.73 Å². The van der Waals surface area contributed by atoms with E-state index in [0.29, 0.717) is 28.8 Å². The Morgan fingerprint density at radius 1 is 0.947 bits per heavy atom. The fraction of sp³-hybridized carbons (Fsp3) is 0.0690. The molecular weight excluding hydrogens is 528 g/mol. The van der Waals surface area contributed by atoms with Crippen LogP contribution in [0.25, 0.3) is 10.9 Å². The van der Waals surface area contributed by atoms with Crippen molar-refractivity contribution in [3.63, 3.8) is 0 Å². The van der Waals surface area contributed by atoms with Gasteiger partial charge in [0.15, 0.2) is 11.6 Å². The van der Waals surface area contributed by atoms with Crippen LogP contribution in [0.15, 0.2) is 84.9 Å². The van der Waals surface area contributed by atoms with Gasteiger partial charge in [-0.2, -0.15) is 0 Å². The summed E-state index contributed by atoms with van der Waals surface area (Å²) in [6, 6.07) is 24.6. The highest BCUT2D eigenvalue weighted by Crippen LogP contribution is 2.35. The van der Waals surface area contributed by atoms with Crippen molar-refractivity contribution in [1.29, 1.82) is 0 Å². The molecule has 38 heavy (non-hydrogen) atoms. The lowest BCUT2D eigenvalue weighted by Gasteiger charge is -2.13. The molecular formula is C29H22Cl2FN3O3. The molecule has 0 aliphatic rings. The van der Waals surface area contributed by atoms with Crippen molar-refractivity contribution < 1.29 is 18.7 Å². The lowest BCUT2D eigenvalue weighted by molar-refractivity contribution is 0.0946. The quantitative estimate of drug-likeness (QED) is 0.175. The number of nitrogens with two attached hydrogens (primary N) is 1. The minimum atomic E-state index is -0.701. The molecule has 5 rings (SSSR count). The van der Waals surface area contributed by atoms with Gasteiger partial charge in [-0.15, -0.1) is 0 Å². The molecule has 0 aliphatic heterocycles. The Labute approximate surface area is 228 Å². The van der Waals surface area contributed by atoms with Crippen LogP contribution < -0.4 is 20.5 Å². The molecule has 0 fully saturated rings. The molecule has 6 nitrogen and oxygen atoms in total. The summed E-state index contributed by atoms with van der Waals surface area (Å²) in [5.74, 6) is -0.371. The van der Waals surface area contributed by atoms with Crippen molar-refractivity contribution in [2.24, 2.45) is 0 Å². The second-order valence-electron chi connectivity index (χ2n) is 8.56. The van der Waals surface area contributed by atoms with Gasteiger partial charge in [-0.1, -0.05) is 59.6 Å². The molecule has 1 amide bonds. The first-order chi connectivity index (χ1) is 18.4. The standard InChI is InChI=1S/C29H22Cl2FN3O3/c30-20-11-21(33)13-23(12-20)38-28-24(31)9-7-19(27(28)32)15-34-29(36)26-10-18-6-8-22(14-25(18)35-26)37-16-17-4-2-1-3-5-17/h1-14,35H,15-16,33H2,(H,34,36). The average molecular weight is 550 g/mol. The number of carbonyl (C=O) groups excluding carboxylic acids is 1. The molecule has 0 spiro atoms. The van der Waals surface area contributed by atoms with Gasteiger partial charge < -0.3 is 25.5 Å². The SMILES string of the molecule is Nc1cc(Cl)cc(Oc2c(Cl)ccc(CNC(=O)c3cc4ccc(OCc5ccccc5)cc4[nH]3)c2F)c1. The van der Waals surface area contributed by atoms with Gasteiger partial charge in [0, 0.05) is 45.9 Å². The summed E-state index contributed by atoms with van der Waals surface area (Å²) >= 11 is 12.2. The molecule has 4 aromatic carbocycles. The number of halogens is 3. The van der Waals surface area contributed by atoms with E-state index < -0.39 is 11.7 Å². The van der Waals surface area contributed by atoms with E-state index in [1.54, 1.807) is 12.1 Å². The van der Waals surface area contributed by atoms with E-state index in [9.17, 15) is 4.79 Å². The van der Waals surface area contributed by atoms with Crippen LogP contribution in [0.5, 0.6) is 17.2 Å². The number of carbonyl (C=O) groups is 1. The van der Waals surface area contributed by atoms with E-state index in [1.807, 2.05) is 48.5 Å². The zero-order valence-corrected chi connectivity index (χ0v) is 21.4. The predicted octanol–water partition coefficient (Wildman–Crippen LogP) is 7.50. The summed E-state index contributed by atoms with van der Waals surface area (Å²) in [5, 5.41) is 3.98. The number of amides is 1. The van der Waals surface area contributed by atoms with Crippen LogP contribution in [0.4, 0.5) is 10.1 Å². The predicted molar refractivity (Wildman–Crippen MR) is 148 cm³/mol. The van der Waals surface area contributed by atoms with Gasteiger partial charge in [0.25, 0.3) is 5.91 Å². The highest BCUT2D eigenvalue weighted by atomic mass is 35.5. The molecule has 5 aromatic rings. The molecule has 4 N–H and O–H groups in total. The number of benzene rings is 4. The summed E-state index contributed by atoms with van der Waals surface area (Å²) in [4.78, 5) is 15.9. The number of anilines is 1. The molecule has 0 radical (unpaired) electrons. The largest absolute Gasteiger partial charge is 0.489 e. The molecule has 1 aromatic heterocycles. The zero-order valence-electron chi connectivity index (χ0n) is 19.9. The van der Waals surface area contributed by atoms with Gasteiger partial charge in [-0.05, 0) is 42.0 Å². The van der Waals surface area contributed by atoms with E-state index in [4.69, 9.17) is 38.4 Å². The van der Waals surface area contributed by atoms with Crippen LogP contribution in [0, 0.1) is 5.82 Å². The van der Waals surface area contributed by atoms with Gasteiger partial charge in [0.05, 0.1) is 5.02 Å². The normalized spacial score (nSPS) is 10.9. The first kappa shape index (κ1) is 25.4. The van der Waals surface area contributed by atoms with E-state index in [0.717, 1.165) is 16.5 Å². The van der Waals surface area contributed by atoms with Gasteiger partial charge in [-0.3, -0.25) is 4.79 Å². The molecule has 9 heteroatoms. The van der Waals surface area contributed by atoms with Gasteiger partial charge in [0.1, 0.15) is 23.8 Å². The van der Waals surface area contributed by atoms with Crippen molar-refractivity contribution >= 4 is 45.7 Å². The van der Waals surface area contributed by atoms with Crippen molar-refractivity contribution in [3.05, 3.63) is 118 Å². The van der Waals surface area contributed by atoms with Crippen LogP contribution in [-0.4, -0.2) is 10.9 Å². The molecule has 0 aliphatic carbocycles. The smallest absolute Gasteiger partial charge is 0.267 e. The topological polar surface area (TPSA) is 89.4 Å². The number of aromatic nitrogens is 1. The van der Waals surface area contributed by atoms with Crippen LogP contribution in [0.1, 0.15) is 21.6 Å². The van der Waals surface area contributed by atoms with E-state index in [-0.39, 0.29) is 28.6 Å². The molecule has 1 heterocycles. The number of ether oxygens (including phenoxy) is 2. The Kier molecular flexibility index (Phi) is 7.40. The fourth-order valence-corrected chi connectivity index (χ4v) is 4.31. The Hall–Kier alpha value is -4.20. The third-order valence-electron chi connectivity index (χ3n) is 5.77. The lowest BCUT2D eigenvalue weighted by Crippen LogP contribution is -2.23. The first-order valence-electron chi connectivity index (χ1n) is 11.6. The maximum atomic E-state index is 15.2. The summed E-state index contributed by atoms with van der Waals surface area (Å²) < 4.78 is 26.7. The second-order valence-corrected chi connectivity index (χ2v) is 9.40. The molecule has 0 atom stereocenters. The molecule has 192 valence electrons. The van der Waals surface area contributed by atoms with Gasteiger partial charge in [0.2, 0.25) is 0 Å². The Morgan fingerprint density at radius 2 is 1.76 bits per heavy atom. The number of nitrogen functional groups attached to an aromatic ring is 1. The lowest BCUT2D eigenvalue weighted by atomic mass is 10.2. The van der Waals surface area contributed by atoms with Crippen molar-refractivity contribution in [1.82, 2.24) is 10.3 Å².